The molecule has 2 atom stereocenters. The first-order valence-corrected chi connectivity index (χ1v) is 18.2. The molecule has 0 aliphatic rings. The van der Waals surface area contributed by atoms with Crippen molar-refractivity contribution >= 4 is 11.9 Å². The molecule has 6 heteroatoms. The molecule has 0 aliphatic carbocycles. The molecule has 45 heavy (non-hydrogen) atoms. The Hall–Kier alpha value is -2.18. The summed E-state index contributed by atoms with van der Waals surface area (Å²) in [6.45, 7) is 6.25. The third-order valence-corrected chi connectivity index (χ3v) is 7.66. The lowest BCUT2D eigenvalue weighted by Crippen LogP contribution is -2.28. The number of hydrogen-bond donors (Lipinski definition) is 2. The van der Waals surface area contributed by atoms with Gasteiger partial charge in [-0.25, -0.2) is 0 Å². The van der Waals surface area contributed by atoms with Crippen molar-refractivity contribution in [2.24, 2.45) is 5.92 Å². The summed E-state index contributed by atoms with van der Waals surface area (Å²) in [4.78, 5) is 24.2. The van der Waals surface area contributed by atoms with E-state index in [9.17, 15) is 19.8 Å². The minimum atomic E-state index is -0.863. The number of rotatable bonds is 31. The molecule has 0 fully saturated rings. The molecule has 0 radical (unpaired) electrons. The van der Waals surface area contributed by atoms with Crippen LogP contribution in [0.15, 0.2) is 48.6 Å². The number of esters is 2. The highest BCUT2D eigenvalue weighted by Gasteiger charge is 2.16. The zero-order chi connectivity index (χ0) is 33.2. The van der Waals surface area contributed by atoms with Crippen LogP contribution in [0.4, 0.5) is 0 Å². The van der Waals surface area contributed by atoms with Gasteiger partial charge in [-0.3, -0.25) is 9.59 Å². The summed E-state index contributed by atoms with van der Waals surface area (Å²) in [5.41, 5.74) is 0. The Labute approximate surface area is 276 Å². The summed E-state index contributed by atoms with van der Waals surface area (Å²) in [5.74, 6) is 0.0191. The van der Waals surface area contributed by atoms with Gasteiger partial charge in [-0.15, -0.1) is 0 Å². The van der Waals surface area contributed by atoms with Gasteiger partial charge in [0.1, 0.15) is 6.61 Å². The maximum absolute atomic E-state index is 12.1. The second-order valence-electron chi connectivity index (χ2n) is 12.6. The van der Waals surface area contributed by atoms with E-state index >= 15 is 0 Å². The molecule has 0 aromatic heterocycles. The van der Waals surface area contributed by atoms with E-state index in [-0.39, 0.29) is 19.0 Å². The number of ether oxygens (including phenoxy) is 2. The Balaban J connectivity index is 3.81. The second kappa shape index (κ2) is 33.2. The molecule has 0 saturated heterocycles. The van der Waals surface area contributed by atoms with Crippen molar-refractivity contribution in [2.45, 2.75) is 168 Å². The average molecular weight is 633 g/mol. The van der Waals surface area contributed by atoms with Gasteiger partial charge >= 0.3 is 11.9 Å². The molecule has 0 aromatic carbocycles. The zero-order valence-electron chi connectivity index (χ0n) is 29.1. The Morgan fingerprint density at radius 3 is 1.91 bits per heavy atom. The van der Waals surface area contributed by atoms with E-state index in [1.54, 1.807) is 6.08 Å². The summed E-state index contributed by atoms with van der Waals surface area (Å²) in [5, 5.41) is 19.6. The fraction of sp³-hybridized carbons (Fsp3) is 0.744. The third kappa shape index (κ3) is 33.0. The molecule has 2 N–H and O–H groups in total. The number of aliphatic hydroxyl groups is 2. The number of allylic oxidation sites excluding steroid dienone is 7. The van der Waals surface area contributed by atoms with E-state index in [1.165, 1.54) is 70.6 Å². The van der Waals surface area contributed by atoms with Gasteiger partial charge < -0.3 is 19.7 Å². The van der Waals surface area contributed by atoms with Crippen molar-refractivity contribution in [1.29, 1.82) is 0 Å². The molecule has 260 valence electrons. The van der Waals surface area contributed by atoms with E-state index in [2.05, 4.69) is 45.1 Å². The summed E-state index contributed by atoms with van der Waals surface area (Å²) < 4.78 is 10.5. The fourth-order valence-electron chi connectivity index (χ4n) is 4.84. The van der Waals surface area contributed by atoms with E-state index in [0.29, 0.717) is 19.3 Å². The number of aliphatic hydroxyl groups excluding tert-OH is 2. The minimum absolute atomic E-state index is 0.126. The number of carbonyl (C=O) groups is 2. The van der Waals surface area contributed by atoms with Gasteiger partial charge in [0.05, 0.1) is 12.7 Å². The number of carbonyl (C=O) groups excluding carboxylic acids is 2. The Kier molecular flexibility index (Phi) is 31.6. The zero-order valence-corrected chi connectivity index (χ0v) is 29.1. The van der Waals surface area contributed by atoms with Crippen LogP contribution in [0.25, 0.3) is 0 Å². The SMILES string of the molecule is CCCCC/C=C\C/C=C\C/C=C\C=C\[C@H](O)CCCC(=O)O[C@@H](CO)COC(=O)CCCCCCCCCCCCC(C)C. The predicted molar refractivity (Wildman–Crippen MR) is 188 cm³/mol. The predicted octanol–water partition coefficient (Wildman–Crippen LogP) is 9.89. The van der Waals surface area contributed by atoms with Gasteiger partial charge in [-0.05, 0) is 50.9 Å². The molecule has 6 nitrogen and oxygen atoms in total. The van der Waals surface area contributed by atoms with Crippen molar-refractivity contribution in [1.82, 2.24) is 0 Å². The maximum atomic E-state index is 12.1. The first kappa shape index (κ1) is 42.8. The fourth-order valence-corrected chi connectivity index (χ4v) is 4.84. The highest BCUT2D eigenvalue weighted by molar-refractivity contribution is 5.70. The molecule has 0 rings (SSSR count). The molecular formula is C39H68O6. The Bertz CT molecular complexity index is 797. The normalized spacial score (nSPS) is 13.6. The van der Waals surface area contributed by atoms with E-state index in [0.717, 1.165) is 44.4 Å². The number of hydrogen-bond acceptors (Lipinski definition) is 6. The van der Waals surface area contributed by atoms with Crippen LogP contribution in [0.3, 0.4) is 0 Å². The van der Waals surface area contributed by atoms with Crippen molar-refractivity contribution in [3.63, 3.8) is 0 Å². The van der Waals surface area contributed by atoms with E-state index in [4.69, 9.17) is 9.47 Å². The van der Waals surface area contributed by atoms with Crippen molar-refractivity contribution in [3.8, 4) is 0 Å². The Morgan fingerprint density at radius 2 is 1.27 bits per heavy atom. The van der Waals surface area contributed by atoms with Crippen molar-refractivity contribution in [3.05, 3.63) is 48.6 Å². The summed E-state index contributed by atoms with van der Waals surface area (Å²) in [6.07, 6.45) is 36.3. The number of unbranched alkanes of at least 4 members (excludes halogenated alkanes) is 12. The van der Waals surface area contributed by atoms with Gasteiger partial charge in [-0.2, -0.15) is 0 Å². The van der Waals surface area contributed by atoms with E-state index < -0.39 is 24.8 Å². The van der Waals surface area contributed by atoms with Crippen LogP contribution in [-0.4, -0.2) is 47.6 Å². The van der Waals surface area contributed by atoms with E-state index in [1.807, 2.05) is 18.2 Å². The summed E-state index contributed by atoms with van der Waals surface area (Å²) in [7, 11) is 0. The summed E-state index contributed by atoms with van der Waals surface area (Å²) >= 11 is 0. The maximum Gasteiger partial charge on any atom is 0.306 e. The Morgan fingerprint density at radius 1 is 0.667 bits per heavy atom. The van der Waals surface area contributed by atoms with Crippen molar-refractivity contribution < 1.29 is 29.3 Å². The molecular weight excluding hydrogens is 564 g/mol. The van der Waals surface area contributed by atoms with Gasteiger partial charge in [0, 0.05) is 12.8 Å². The molecule has 0 aromatic rings. The van der Waals surface area contributed by atoms with Crippen LogP contribution in [0.5, 0.6) is 0 Å². The van der Waals surface area contributed by atoms with Crippen LogP contribution in [0, 0.1) is 5.92 Å². The molecule has 0 amide bonds. The quantitative estimate of drug-likeness (QED) is 0.0342. The van der Waals surface area contributed by atoms with Crippen LogP contribution < -0.4 is 0 Å². The second-order valence-corrected chi connectivity index (χ2v) is 12.6. The average Bonchev–Trinajstić information content (AvgIpc) is 3.01. The standard InChI is InChI=1S/C39H68O6/c1-4-5-6-7-8-9-10-11-12-16-19-22-25-29-36(41)30-27-32-39(43)45-37(33-40)34-44-38(42)31-26-23-20-17-14-13-15-18-21-24-28-35(2)3/h8-9,11-12,19,22,25,29,35-37,40-41H,4-7,10,13-18,20-21,23-24,26-28,30-34H2,1-3H3/b9-8-,12-11-,22-19-,29-25+/t36-,37-/m0/s1. The van der Waals surface area contributed by atoms with Gasteiger partial charge in [0.2, 0.25) is 0 Å². The smallest absolute Gasteiger partial charge is 0.306 e. The molecule has 0 bridgehead atoms. The van der Waals surface area contributed by atoms with Gasteiger partial charge in [0.25, 0.3) is 0 Å². The summed E-state index contributed by atoms with van der Waals surface area (Å²) in [6, 6.07) is 0. The lowest BCUT2D eigenvalue weighted by molar-refractivity contribution is -0.161. The molecule has 0 heterocycles. The highest BCUT2D eigenvalue weighted by Crippen LogP contribution is 2.14. The van der Waals surface area contributed by atoms with Gasteiger partial charge in [0.15, 0.2) is 6.10 Å². The monoisotopic (exact) mass is 633 g/mol. The van der Waals surface area contributed by atoms with Crippen LogP contribution in [0.2, 0.25) is 0 Å². The van der Waals surface area contributed by atoms with Crippen molar-refractivity contribution in [2.75, 3.05) is 13.2 Å². The largest absolute Gasteiger partial charge is 0.462 e. The molecule has 0 unspecified atom stereocenters. The first-order chi connectivity index (χ1) is 21.9. The lowest BCUT2D eigenvalue weighted by Gasteiger charge is -2.16. The molecule has 0 spiro atoms. The van der Waals surface area contributed by atoms with Crippen LogP contribution in [0.1, 0.15) is 156 Å². The van der Waals surface area contributed by atoms with Crippen LogP contribution in [-0.2, 0) is 19.1 Å². The van der Waals surface area contributed by atoms with Gasteiger partial charge in [-0.1, -0.05) is 146 Å². The lowest BCUT2D eigenvalue weighted by atomic mass is 10.0. The topological polar surface area (TPSA) is 93.1 Å². The molecule has 0 saturated carbocycles. The minimum Gasteiger partial charge on any atom is -0.462 e. The first-order valence-electron chi connectivity index (χ1n) is 18.2. The van der Waals surface area contributed by atoms with Crippen LogP contribution >= 0.6 is 0 Å². The highest BCUT2D eigenvalue weighted by atomic mass is 16.6. The molecule has 0 aliphatic heterocycles. The third-order valence-electron chi connectivity index (χ3n) is 7.66.